The Morgan fingerprint density at radius 2 is 2.00 bits per heavy atom. The zero-order valence-electron chi connectivity index (χ0n) is 17.7. The van der Waals surface area contributed by atoms with Crippen molar-refractivity contribution >= 4 is 21.5 Å². The van der Waals surface area contributed by atoms with E-state index in [0.717, 1.165) is 6.26 Å². The van der Waals surface area contributed by atoms with Gasteiger partial charge in [-0.1, -0.05) is 0 Å². The number of fused-ring (bicyclic) bond motifs is 1. The topological polar surface area (TPSA) is 105 Å². The van der Waals surface area contributed by atoms with Gasteiger partial charge in [-0.3, -0.25) is 0 Å². The fourth-order valence-corrected chi connectivity index (χ4v) is 4.33. The summed E-state index contributed by atoms with van der Waals surface area (Å²) < 4.78 is 81.5. The van der Waals surface area contributed by atoms with Gasteiger partial charge in [0.1, 0.15) is 23.5 Å². The number of sulfonamides is 1. The minimum absolute atomic E-state index is 0.145. The number of rotatable bonds is 6. The van der Waals surface area contributed by atoms with Gasteiger partial charge < -0.3 is 4.90 Å². The van der Waals surface area contributed by atoms with Gasteiger partial charge in [0.05, 0.1) is 24.1 Å². The van der Waals surface area contributed by atoms with Gasteiger partial charge in [0, 0.05) is 31.6 Å². The van der Waals surface area contributed by atoms with Crippen LogP contribution < -0.4 is 9.62 Å². The van der Waals surface area contributed by atoms with Crippen molar-refractivity contribution in [2.45, 2.75) is 31.7 Å². The third-order valence-electron chi connectivity index (χ3n) is 5.52. The number of hydrogen-bond donors (Lipinski definition) is 1. The smallest absolute Gasteiger partial charge is 0.282 e. The van der Waals surface area contributed by atoms with E-state index in [1.54, 1.807) is 17.9 Å². The summed E-state index contributed by atoms with van der Waals surface area (Å²) in [5.74, 6) is -4.00. The van der Waals surface area contributed by atoms with Crippen LogP contribution in [-0.4, -0.2) is 64.3 Å². The lowest BCUT2D eigenvalue weighted by molar-refractivity contribution is -0.0784. The zero-order valence-corrected chi connectivity index (χ0v) is 18.5. The molecular formula is C19H21F4N7O2S. The SMILES string of the molecule is C[C@H]1CC(F)(F)[C@@H](CNS(C)(=O)=O)CN1c1cc(-c2cnc3ccc(C(F)F)nn23)ncn1. The summed E-state index contributed by atoms with van der Waals surface area (Å²) in [7, 11) is -3.63. The molecule has 33 heavy (non-hydrogen) atoms. The number of aromatic nitrogens is 5. The predicted molar refractivity (Wildman–Crippen MR) is 112 cm³/mol. The molecule has 1 saturated heterocycles. The molecule has 14 heteroatoms. The number of nitrogens with one attached hydrogen (secondary N) is 1. The highest BCUT2D eigenvalue weighted by atomic mass is 32.2. The Hall–Kier alpha value is -2.87. The Morgan fingerprint density at radius 1 is 1.24 bits per heavy atom. The van der Waals surface area contributed by atoms with E-state index in [9.17, 15) is 26.0 Å². The normalized spacial score (nSPS) is 21.1. The fraction of sp³-hybridized carbons (Fsp3) is 0.474. The van der Waals surface area contributed by atoms with Crippen molar-refractivity contribution in [3.8, 4) is 11.4 Å². The molecule has 3 aromatic rings. The maximum atomic E-state index is 14.6. The lowest BCUT2D eigenvalue weighted by Crippen LogP contribution is -2.55. The summed E-state index contributed by atoms with van der Waals surface area (Å²) in [6.07, 6.45) is 0.325. The van der Waals surface area contributed by atoms with Crippen molar-refractivity contribution in [1.29, 1.82) is 0 Å². The molecular weight excluding hydrogens is 466 g/mol. The van der Waals surface area contributed by atoms with E-state index in [1.165, 1.54) is 29.2 Å². The van der Waals surface area contributed by atoms with Crippen LogP contribution >= 0.6 is 0 Å². The number of hydrogen-bond acceptors (Lipinski definition) is 7. The molecule has 178 valence electrons. The molecule has 9 nitrogen and oxygen atoms in total. The third-order valence-corrected chi connectivity index (χ3v) is 6.21. The molecule has 0 amide bonds. The predicted octanol–water partition coefficient (Wildman–Crippen LogP) is 2.52. The highest BCUT2D eigenvalue weighted by Gasteiger charge is 2.47. The van der Waals surface area contributed by atoms with Crippen molar-refractivity contribution in [2.24, 2.45) is 5.92 Å². The molecule has 4 rings (SSSR count). The van der Waals surface area contributed by atoms with E-state index >= 15 is 0 Å². The molecule has 0 saturated carbocycles. The minimum Gasteiger partial charge on any atom is -0.353 e. The molecule has 1 fully saturated rings. The van der Waals surface area contributed by atoms with Crippen LogP contribution in [0.1, 0.15) is 25.5 Å². The lowest BCUT2D eigenvalue weighted by Gasteiger charge is -2.43. The lowest BCUT2D eigenvalue weighted by atomic mass is 9.89. The molecule has 1 aliphatic rings. The average molecular weight is 487 g/mol. The quantitative estimate of drug-likeness (QED) is 0.533. The first-order valence-electron chi connectivity index (χ1n) is 9.99. The summed E-state index contributed by atoms with van der Waals surface area (Å²) in [4.78, 5) is 14.2. The molecule has 0 aliphatic carbocycles. The Bertz CT molecular complexity index is 1270. The zero-order chi connectivity index (χ0) is 24.0. The van der Waals surface area contributed by atoms with Crippen molar-refractivity contribution < 1.29 is 26.0 Å². The molecule has 0 radical (unpaired) electrons. The van der Waals surface area contributed by atoms with Gasteiger partial charge in [-0.05, 0) is 19.1 Å². The first kappa shape index (κ1) is 23.3. The van der Waals surface area contributed by atoms with Gasteiger partial charge in [-0.15, -0.1) is 0 Å². The number of nitrogens with zero attached hydrogens (tertiary/aromatic N) is 6. The van der Waals surface area contributed by atoms with Gasteiger partial charge >= 0.3 is 0 Å². The largest absolute Gasteiger partial charge is 0.353 e. The van der Waals surface area contributed by atoms with Crippen LogP contribution in [0.2, 0.25) is 0 Å². The Kier molecular flexibility index (Phi) is 5.99. The van der Waals surface area contributed by atoms with E-state index in [2.05, 4.69) is 24.8 Å². The standard InChI is InChI=1S/C19H21F4N7O2S/c1-11-6-19(22,23)12(7-27-33(2,31)32)9-29(11)17-5-14(25-10-26-17)15-8-24-16-4-3-13(18(20)21)28-30(15)16/h3-5,8,10-12,18,27H,6-7,9H2,1-2H3/t11-,12-/m0/s1. The monoisotopic (exact) mass is 487 g/mol. The van der Waals surface area contributed by atoms with E-state index in [0.29, 0.717) is 22.9 Å². The second-order valence-electron chi connectivity index (χ2n) is 8.02. The van der Waals surface area contributed by atoms with E-state index in [4.69, 9.17) is 0 Å². The van der Waals surface area contributed by atoms with Crippen molar-refractivity contribution in [3.63, 3.8) is 0 Å². The number of piperidine rings is 1. The highest BCUT2D eigenvalue weighted by molar-refractivity contribution is 7.88. The molecule has 0 bridgehead atoms. The van der Waals surface area contributed by atoms with Crippen LogP contribution in [0.25, 0.3) is 17.0 Å². The van der Waals surface area contributed by atoms with Gasteiger partial charge in [-0.2, -0.15) is 5.10 Å². The molecule has 1 N–H and O–H groups in total. The van der Waals surface area contributed by atoms with Crippen LogP contribution in [0.4, 0.5) is 23.4 Å². The number of imidazole rings is 1. The third kappa shape index (κ3) is 4.90. The van der Waals surface area contributed by atoms with Crippen LogP contribution in [0, 0.1) is 5.92 Å². The van der Waals surface area contributed by atoms with Gasteiger partial charge in [-0.25, -0.2) is 50.2 Å². The van der Waals surface area contributed by atoms with Crippen molar-refractivity contribution in [2.75, 3.05) is 24.2 Å². The Morgan fingerprint density at radius 3 is 2.70 bits per heavy atom. The Balaban J connectivity index is 1.66. The molecule has 3 aromatic heterocycles. The van der Waals surface area contributed by atoms with Crippen LogP contribution in [0.5, 0.6) is 0 Å². The molecule has 0 aromatic carbocycles. The summed E-state index contributed by atoms with van der Waals surface area (Å²) in [5, 5.41) is 3.91. The van der Waals surface area contributed by atoms with Crippen molar-refractivity contribution in [1.82, 2.24) is 29.3 Å². The van der Waals surface area contributed by atoms with Gasteiger partial charge in [0.15, 0.2) is 5.65 Å². The number of halogens is 4. The van der Waals surface area contributed by atoms with Crippen molar-refractivity contribution in [3.05, 3.63) is 36.4 Å². The highest BCUT2D eigenvalue weighted by Crippen LogP contribution is 2.38. The first-order valence-corrected chi connectivity index (χ1v) is 11.9. The van der Waals surface area contributed by atoms with Crippen LogP contribution in [-0.2, 0) is 10.0 Å². The maximum absolute atomic E-state index is 14.6. The summed E-state index contributed by atoms with van der Waals surface area (Å²) in [6.45, 7) is 1.06. The summed E-state index contributed by atoms with van der Waals surface area (Å²) >= 11 is 0. The average Bonchev–Trinajstić information content (AvgIpc) is 3.15. The molecule has 1 aliphatic heterocycles. The molecule has 4 heterocycles. The second-order valence-corrected chi connectivity index (χ2v) is 9.85. The van der Waals surface area contributed by atoms with Gasteiger partial charge in [0.2, 0.25) is 10.0 Å². The first-order chi connectivity index (χ1) is 15.4. The van der Waals surface area contributed by atoms with E-state index in [1.807, 2.05) is 0 Å². The van der Waals surface area contributed by atoms with E-state index < -0.39 is 53.0 Å². The summed E-state index contributed by atoms with van der Waals surface area (Å²) in [6, 6.07) is 3.54. The summed E-state index contributed by atoms with van der Waals surface area (Å²) in [5.41, 5.74) is 0.569. The molecule has 2 atom stereocenters. The number of alkyl halides is 4. The fourth-order valence-electron chi connectivity index (χ4n) is 3.83. The second kappa shape index (κ2) is 8.48. The number of anilines is 1. The van der Waals surface area contributed by atoms with Gasteiger partial charge in [0.25, 0.3) is 12.3 Å². The van der Waals surface area contributed by atoms with Crippen LogP contribution in [0.15, 0.2) is 30.7 Å². The molecule has 0 spiro atoms. The minimum atomic E-state index is -3.63. The van der Waals surface area contributed by atoms with Crippen LogP contribution in [0.3, 0.4) is 0 Å². The maximum Gasteiger partial charge on any atom is 0.282 e. The molecule has 0 unspecified atom stereocenters. The Labute approximate surface area is 186 Å². The van der Waals surface area contributed by atoms with E-state index in [-0.39, 0.29) is 6.54 Å².